The minimum Gasteiger partial charge on any atom is -0.458 e. The van der Waals surface area contributed by atoms with Gasteiger partial charge < -0.3 is 24.8 Å². The Labute approximate surface area is 320 Å². The van der Waals surface area contributed by atoms with Gasteiger partial charge >= 0.3 is 17.9 Å². The molecule has 0 saturated carbocycles. The molecule has 4 heterocycles. The third kappa shape index (κ3) is 8.20. The molecule has 2 saturated heterocycles. The van der Waals surface area contributed by atoms with Crippen molar-refractivity contribution < 1.29 is 47.8 Å². The maximum absolute atomic E-state index is 13.6. The molecule has 2 aromatic rings. The molecule has 294 valence electrons. The van der Waals surface area contributed by atoms with Crippen molar-refractivity contribution in [3.8, 4) is 0 Å². The van der Waals surface area contributed by atoms with Crippen LogP contribution in [0.3, 0.4) is 0 Å². The van der Waals surface area contributed by atoms with Crippen LogP contribution in [0, 0.1) is 0 Å². The van der Waals surface area contributed by atoms with Crippen molar-refractivity contribution in [3.63, 3.8) is 0 Å². The topological polar surface area (TPSA) is 178 Å². The molecular formula is C41H50N4O10. The van der Waals surface area contributed by atoms with E-state index in [-0.39, 0.29) is 67.6 Å². The SMILES string of the molecule is CC(=O)OC(COC(=O)c1ccc2c(c1)C(=O)N(C1CC(C)(C)NC(C)(C)C1)C2=O)COC(=O)c1ccc2c(c1)C(=O)N(C1CC(C)(C)NC(C)(C)C1)C2=O. The van der Waals surface area contributed by atoms with E-state index in [1.165, 1.54) is 46.2 Å². The lowest BCUT2D eigenvalue weighted by Gasteiger charge is -2.48. The number of carbonyl (C=O) groups excluding carboxylic acids is 7. The van der Waals surface area contributed by atoms with Crippen molar-refractivity contribution in [2.24, 2.45) is 0 Å². The van der Waals surface area contributed by atoms with Crippen LogP contribution in [0.1, 0.15) is 150 Å². The molecule has 0 radical (unpaired) electrons. The van der Waals surface area contributed by atoms with Gasteiger partial charge in [0.05, 0.1) is 33.4 Å². The number of fused-ring (bicyclic) bond motifs is 2. The van der Waals surface area contributed by atoms with Crippen molar-refractivity contribution in [2.45, 2.75) is 128 Å². The number of ether oxygens (including phenoxy) is 3. The molecule has 55 heavy (non-hydrogen) atoms. The van der Waals surface area contributed by atoms with Gasteiger partial charge in [0.25, 0.3) is 23.6 Å². The number of nitrogens with zero attached hydrogens (tertiary/aromatic N) is 2. The zero-order valence-corrected chi connectivity index (χ0v) is 32.9. The smallest absolute Gasteiger partial charge is 0.338 e. The fourth-order valence-electron chi connectivity index (χ4n) is 9.19. The van der Waals surface area contributed by atoms with Crippen molar-refractivity contribution in [3.05, 3.63) is 69.8 Å². The van der Waals surface area contributed by atoms with E-state index in [1.807, 2.05) is 55.4 Å². The molecule has 2 fully saturated rings. The van der Waals surface area contributed by atoms with Gasteiger partial charge in [-0.1, -0.05) is 0 Å². The van der Waals surface area contributed by atoms with Gasteiger partial charge in [0, 0.05) is 41.2 Å². The van der Waals surface area contributed by atoms with E-state index in [2.05, 4.69) is 10.6 Å². The summed E-state index contributed by atoms with van der Waals surface area (Å²) < 4.78 is 16.1. The number of benzene rings is 2. The first kappa shape index (κ1) is 39.7. The monoisotopic (exact) mass is 758 g/mol. The quantitative estimate of drug-likeness (QED) is 0.209. The average Bonchev–Trinajstić information content (AvgIpc) is 3.45. The number of piperidine rings is 2. The Morgan fingerprint density at radius 1 is 0.600 bits per heavy atom. The largest absolute Gasteiger partial charge is 0.458 e. The van der Waals surface area contributed by atoms with Gasteiger partial charge in [0.1, 0.15) is 13.2 Å². The number of esters is 3. The van der Waals surface area contributed by atoms with Crippen LogP contribution in [-0.2, 0) is 19.0 Å². The Hall–Kier alpha value is -4.95. The van der Waals surface area contributed by atoms with Gasteiger partial charge in [-0.3, -0.25) is 33.8 Å². The first-order valence-corrected chi connectivity index (χ1v) is 18.6. The highest BCUT2D eigenvalue weighted by Crippen LogP contribution is 2.38. The minimum absolute atomic E-state index is 0.00862. The number of carbonyl (C=O) groups is 7. The number of hydrogen-bond donors (Lipinski definition) is 2. The van der Waals surface area contributed by atoms with Gasteiger partial charge in [0.15, 0.2) is 6.10 Å². The van der Waals surface area contributed by atoms with Crippen LogP contribution >= 0.6 is 0 Å². The van der Waals surface area contributed by atoms with Crippen LogP contribution in [0.4, 0.5) is 0 Å². The molecule has 4 aliphatic heterocycles. The molecule has 0 aromatic heterocycles. The van der Waals surface area contributed by atoms with Crippen molar-refractivity contribution >= 4 is 41.5 Å². The molecule has 14 nitrogen and oxygen atoms in total. The number of amides is 4. The van der Waals surface area contributed by atoms with Crippen LogP contribution in [0.15, 0.2) is 36.4 Å². The first-order chi connectivity index (χ1) is 25.5. The van der Waals surface area contributed by atoms with E-state index in [0.29, 0.717) is 25.7 Å². The Kier molecular flexibility index (Phi) is 10.1. The highest BCUT2D eigenvalue weighted by atomic mass is 16.6. The molecular weight excluding hydrogens is 708 g/mol. The number of imide groups is 2. The van der Waals surface area contributed by atoms with Gasteiger partial charge in [-0.25, -0.2) is 9.59 Å². The Bertz CT molecular complexity index is 1830. The molecule has 0 aliphatic carbocycles. The standard InChI is InChI=1S/C41H50N4O10/c1-22(46)55-27(20-53-36(51)23-10-12-28-30(14-23)34(49)44(32(28)47)25-16-38(2,3)42-39(4,5)17-25)21-54-37(52)24-11-13-29-31(15-24)35(50)45(33(29)48)26-18-40(6,7)43-41(8,9)19-26/h10-15,25-27,42-43H,16-21H2,1-9H3. The Morgan fingerprint density at radius 2 is 0.927 bits per heavy atom. The van der Waals surface area contributed by atoms with Crippen LogP contribution in [0.25, 0.3) is 0 Å². The first-order valence-electron chi connectivity index (χ1n) is 18.6. The second-order valence-corrected chi connectivity index (χ2v) is 17.8. The van der Waals surface area contributed by atoms with Gasteiger partial charge in [0.2, 0.25) is 0 Å². The molecule has 2 aromatic carbocycles. The highest BCUT2D eigenvalue weighted by Gasteiger charge is 2.48. The molecule has 0 spiro atoms. The van der Waals surface area contributed by atoms with E-state index in [9.17, 15) is 33.6 Å². The lowest BCUT2D eigenvalue weighted by Crippen LogP contribution is -2.62. The zero-order chi connectivity index (χ0) is 40.4. The van der Waals surface area contributed by atoms with Gasteiger partial charge in [-0.15, -0.1) is 0 Å². The summed E-state index contributed by atoms with van der Waals surface area (Å²) in [7, 11) is 0. The summed E-state index contributed by atoms with van der Waals surface area (Å²) in [5.74, 6) is -4.20. The van der Waals surface area contributed by atoms with E-state index in [4.69, 9.17) is 14.2 Å². The highest BCUT2D eigenvalue weighted by molar-refractivity contribution is 6.23. The molecule has 6 rings (SSSR count). The third-order valence-corrected chi connectivity index (χ3v) is 10.5. The van der Waals surface area contributed by atoms with Gasteiger partial charge in [-0.2, -0.15) is 0 Å². The summed E-state index contributed by atoms with van der Waals surface area (Å²) in [6.45, 7) is 16.4. The second kappa shape index (κ2) is 14.0. The summed E-state index contributed by atoms with van der Waals surface area (Å²) in [4.78, 5) is 94.8. The number of nitrogens with one attached hydrogen (secondary N) is 2. The van der Waals surface area contributed by atoms with Gasteiger partial charge in [-0.05, 0) is 117 Å². The number of hydrogen-bond acceptors (Lipinski definition) is 12. The molecule has 2 N–H and O–H groups in total. The normalized spacial score (nSPS) is 21.4. The molecule has 0 unspecified atom stereocenters. The lowest BCUT2D eigenvalue weighted by atomic mass is 9.79. The van der Waals surface area contributed by atoms with Crippen LogP contribution in [0.2, 0.25) is 0 Å². The van der Waals surface area contributed by atoms with Crippen molar-refractivity contribution in [2.75, 3.05) is 13.2 Å². The summed E-state index contributed by atoms with van der Waals surface area (Å²) in [5, 5.41) is 7.10. The summed E-state index contributed by atoms with van der Waals surface area (Å²) in [6.07, 6.45) is 1.08. The fraction of sp³-hybridized carbons (Fsp3) is 0.537. The summed E-state index contributed by atoms with van der Waals surface area (Å²) in [5.41, 5.74) is -0.635. The van der Waals surface area contributed by atoms with Crippen LogP contribution < -0.4 is 10.6 Å². The fourth-order valence-corrected chi connectivity index (χ4v) is 9.19. The predicted octanol–water partition coefficient (Wildman–Crippen LogP) is 4.44. The van der Waals surface area contributed by atoms with Crippen LogP contribution in [-0.4, -0.2) is 105 Å². The van der Waals surface area contributed by atoms with E-state index >= 15 is 0 Å². The predicted molar refractivity (Wildman–Crippen MR) is 199 cm³/mol. The maximum atomic E-state index is 13.6. The summed E-state index contributed by atoms with van der Waals surface area (Å²) in [6, 6.07) is 7.61. The molecule has 0 bridgehead atoms. The van der Waals surface area contributed by atoms with E-state index in [1.54, 1.807) is 0 Å². The molecule has 0 atom stereocenters. The van der Waals surface area contributed by atoms with Crippen molar-refractivity contribution in [1.29, 1.82) is 0 Å². The maximum Gasteiger partial charge on any atom is 0.338 e. The van der Waals surface area contributed by atoms with E-state index in [0.717, 1.165) is 6.92 Å². The lowest BCUT2D eigenvalue weighted by molar-refractivity contribution is -0.151. The molecule has 4 amide bonds. The third-order valence-electron chi connectivity index (χ3n) is 10.5. The zero-order valence-electron chi connectivity index (χ0n) is 32.9. The molecule has 4 aliphatic rings. The average molecular weight is 759 g/mol. The summed E-state index contributed by atoms with van der Waals surface area (Å²) >= 11 is 0. The number of rotatable bonds is 9. The Morgan fingerprint density at radius 3 is 1.25 bits per heavy atom. The molecule has 14 heteroatoms. The van der Waals surface area contributed by atoms with E-state index < -0.39 is 60.9 Å². The second-order valence-electron chi connectivity index (χ2n) is 17.8. The Balaban J connectivity index is 1.09. The minimum atomic E-state index is -1.19. The van der Waals surface area contributed by atoms with Crippen LogP contribution in [0.5, 0.6) is 0 Å². The van der Waals surface area contributed by atoms with Crippen molar-refractivity contribution in [1.82, 2.24) is 20.4 Å².